The van der Waals surface area contributed by atoms with Crippen molar-refractivity contribution >= 4 is 11.6 Å². The highest BCUT2D eigenvalue weighted by molar-refractivity contribution is 6.02. The van der Waals surface area contributed by atoms with Crippen LogP contribution in [0.15, 0.2) is 18.2 Å². The lowest BCUT2D eigenvalue weighted by Crippen LogP contribution is -2.57. The second-order valence-electron chi connectivity index (χ2n) is 5.64. The molecule has 1 aromatic carbocycles. The lowest BCUT2D eigenvalue weighted by molar-refractivity contribution is 0.0619. The predicted octanol–water partition coefficient (Wildman–Crippen LogP) is 1.10. The Labute approximate surface area is 119 Å². The molecular weight excluding hydrogens is 254 g/mol. The molecule has 1 unspecified atom stereocenters. The van der Waals surface area contributed by atoms with E-state index in [1.54, 1.807) is 25.3 Å². The Balaban J connectivity index is 1.77. The molecular formula is C15H21N3O2. The maximum Gasteiger partial charge on any atom is 0.257 e. The molecule has 108 valence electrons. The minimum atomic E-state index is -0.126. The van der Waals surface area contributed by atoms with E-state index in [-0.39, 0.29) is 11.9 Å². The number of anilines is 1. The van der Waals surface area contributed by atoms with E-state index in [2.05, 4.69) is 10.2 Å². The van der Waals surface area contributed by atoms with Crippen molar-refractivity contribution in [2.24, 2.45) is 5.92 Å². The number of piperidine rings is 3. The standard InChI is InChI=1S/C15H21N3O2/c1-20-13-4-2-3-11(16)14(13)15(19)17-12-9-18-7-5-10(12)6-8-18/h2-4,10,12H,5-9,16H2,1H3,(H,17,19). The second kappa shape index (κ2) is 5.32. The summed E-state index contributed by atoms with van der Waals surface area (Å²) in [7, 11) is 1.56. The fraction of sp³-hybridized carbons (Fsp3) is 0.533. The van der Waals surface area contributed by atoms with Gasteiger partial charge in [-0.3, -0.25) is 4.79 Å². The Kier molecular flexibility index (Phi) is 3.53. The number of nitrogen functional groups attached to an aromatic ring is 1. The number of nitrogens with one attached hydrogen (secondary N) is 1. The van der Waals surface area contributed by atoms with Gasteiger partial charge in [0.15, 0.2) is 0 Å². The van der Waals surface area contributed by atoms with Crippen molar-refractivity contribution in [3.8, 4) is 5.75 Å². The van der Waals surface area contributed by atoms with E-state index >= 15 is 0 Å². The van der Waals surface area contributed by atoms with E-state index in [1.165, 1.54) is 12.8 Å². The average molecular weight is 275 g/mol. The third-order valence-corrected chi connectivity index (χ3v) is 4.48. The van der Waals surface area contributed by atoms with Gasteiger partial charge in [-0.2, -0.15) is 0 Å². The summed E-state index contributed by atoms with van der Waals surface area (Å²) in [5.41, 5.74) is 6.84. The molecule has 3 N–H and O–H groups in total. The van der Waals surface area contributed by atoms with Crippen LogP contribution in [0.3, 0.4) is 0 Å². The van der Waals surface area contributed by atoms with Gasteiger partial charge < -0.3 is 20.7 Å². The minimum Gasteiger partial charge on any atom is -0.496 e. The maximum absolute atomic E-state index is 12.5. The molecule has 5 heteroatoms. The van der Waals surface area contributed by atoms with Crippen LogP contribution >= 0.6 is 0 Å². The Bertz CT molecular complexity index is 510. The number of ether oxygens (including phenoxy) is 1. The number of hydrogen-bond acceptors (Lipinski definition) is 4. The van der Waals surface area contributed by atoms with Gasteiger partial charge in [0, 0.05) is 18.3 Å². The number of fused-ring (bicyclic) bond motifs is 3. The van der Waals surface area contributed by atoms with Crippen LogP contribution in [-0.2, 0) is 0 Å². The van der Waals surface area contributed by atoms with E-state index in [9.17, 15) is 4.79 Å². The second-order valence-corrected chi connectivity index (χ2v) is 5.64. The molecule has 0 radical (unpaired) electrons. The van der Waals surface area contributed by atoms with Crippen LogP contribution in [0.1, 0.15) is 23.2 Å². The van der Waals surface area contributed by atoms with E-state index in [0.29, 0.717) is 22.9 Å². The fourth-order valence-corrected chi connectivity index (χ4v) is 3.33. The average Bonchev–Trinajstić information content (AvgIpc) is 2.48. The number of carbonyl (C=O) groups excluding carboxylic acids is 1. The van der Waals surface area contributed by atoms with Crippen molar-refractivity contribution in [3.63, 3.8) is 0 Å². The zero-order chi connectivity index (χ0) is 14.1. The monoisotopic (exact) mass is 275 g/mol. The van der Waals surface area contributed by atoms with Gasteiger partial charge in [-0.05, 0) is 44.0 Å². The molecule has 0 spiro atoms. The smallest absolute Gasteiger partial charge is 0.257 e. The van der Waals surface area contributed by atoms with Crippen molar-refractivity contribution in [2.45, 2.75) is 18.9 Å². The van der Waals surface area contributed by atoms with Crippen LogP contribution in [0.25, 0.3) is 0 Å². The highest BCUT2D eigenvalue weighted by Crippen LogP contribution is 2.29. The molecule has 0 aliphatic carbocycles. The summed E-state index contributed by atoms with van der Waals surface area (Å²) in [5.74, 6) is 1.00. The van der Waals surface area contributed by atoms with Gasteiger partial charge in [0.25, 0.3) is 5.91 Å². The van der Waals surface area contributed by atoms with Crippen molar-refractivity contribution in [3.05, 3.63) is 23.8 Å². The zero-order valence-corrected chi connectivity index (χ0v) is 11.8. The summed E-state index contributed by atoms with van der Waals surface area (Å²) in [6, 6.07) is 5.52. The number of rotatable bonds is 3. The molecule has 1 atom stereocenters. The summed E-state index contributed by atoms with van der Waals surface area (Å²) in [4.78, 5) is 14.9. The van der Waals surface area contributed by atoms with Gasteiger partial charge in [0.1, 0.15) is 11.3 Å². The zero-order valence-electron chi connectivity index (χ0n) is 11.8. The van der Waals surface area contributed by atoms with Crippen molar-refractivity contribution in [1.29, 1.82) is 0 Å². The van der Waals surface area contributed by atoms with Crippen LogP contribution in [0, 0.1) is 5.92 Å². The summed E-state index contributed by atoms with van der Waals surface area (Å²) in [6.45, 7) is 3.27. The van der Waals surface area contributed by atoms with Crippen LogP contribution in [0.4, 0.5) is 5.69 Å². The molecule has 5 nitrogen and oxygen atoms in total. The third-order valence-electron chi connectivity index (χ3n) is 4.48. The summed E-state index contributed by atoms with van der Waals surface area (Å²) >= 11 is 0. The van der Waals surface area contributed by atoms with Gasteiger partial charge in [-0.25, -0.2) is 0 Å². The summed E-state index contributed by atoms with van der Waals surface area (Å²) < 4.78 is 5.25. The summed E-state index contributed by atoms with van der Waals surface area (Å²) in [6.07, 6.45) is 2.35. The minimum absolute atomic E-state index is 0.126. The molecule has 1 amide bonds. The number of amides is 1. The summed E-state index contributed by atoms with van der Waals surface area (Å²) in [5, 5.41) is 3.14. The van der Waals surface area contributed by atoms with Crippen molar-refractivity contribution in [2.75, 3.05) is 32.5 Å². The van der Waals surface area contributed by atoms with E-state index in [1.807, 2.05) is 0 Å². The topological polar surface area (TPSA) is 67.6 Å². The van der Waals surface area contributed by atoms with Crippen LogP contribution in [-0.4, -0.2) is 43.6 Å². The number of carbonyl (C=O) groups is 1. The number of benzene rings is 1. The Morgan fingerprint density at radius 2 is 2.15 bits per heavy atom. The molecule has 2 bridgehead atoms. The number of hydrogen-bond donors (Lipinski definition) is 2. The largest absolute Gasteiger partial charge is 0.496 e. The third kappa shape index (κ3) is 2.33. The molecule has 4 rings (SSSR count). The van der Waals surface area contributed by atoms with Gasteiger partial charge >= 0.3 is 0 Å². The Hall–Kier alpha value is -1.75. The van der Waals surface area contributed by atoms with Crippen molar-refractivity contribution in [1.82, 2.24) is 10.2 Å². The molecule has 20 heavy (non-hydrogen) atoms. The maximum atomic E-state index is 12.5. The number of methoxy groups -OCH3 is 1. The molecule has 3 fully saturated rings. The lowest BCUT2D eigenvalue weighted by Gasteiger charge is -2.45. The van der Waals surface area contributed by atoms with Crippen LogP contribution in [0.5, 0.6) is 5.75 Å². The quantitative estimate of drug-likeness (QED) is 0.811. The van der Waals surface area contributed by atoms with Gasteiger partial charge in [-0.1, -0.05) is 6.07 Å². The van der Waals surface area contributed by atoms with E-state index < -0.39 is 0 Å². The predicted molar refractivity (Wildman–Crippen MR) is 77.8 cm³/mol. The first kappa shape index (κ1) is 13.2. The molecule has 3 heterocycles. The van der Waals surface area contributed by atoms with Gasteiger partial charge in [0.05, 0.1) is 7.11 Å². The number of nitrogens with two attached hydrogens (primary N) is 1. The first-order valence-electron chi connectivity index (χ1n) is 7.14. The SMILES string of the molecule is COc1cccc(N)c1C(=O)NC1CN2CCC1CC2. The Morgan fingerprint density at radius 3 is 2.75 bits per heavy atom. The highest BCUT2D eigenvalue weighted by atomic mass is 16.5. The van der Waals surface area contributed by atoms with Crippen LogP contribution in [0.2, 0.25) is 0 Å². The van der Waals surface area contributed by atoms with E-state index in [0.717, 1.165) is 19.6 Å². The highest BCUT2D eigenvalue weighted by Gasteiger charge is 2.35. The van der Waals surface area contributed by atoms with E-state index in [4.69, 9.17) is 10.5 Å². The molecule has 3 aliphatic rings. The molecule has 3 saturated heterocycles. The molecule has 0 saturated carbocycles. The fourth-order valence-electron chi connectivity index (χ4n) is 3.33. The van der Waals surface area contributed by atoms with Crippen molar-refractivity contribution < 1.29 is 9.53 Å². The molecule has 3 aliphatic heterocycles. The first-order chi connectivity index (χ1) is 9.69. The lowest BCUT2D eigenvalue weighted by atomic mass is 9.84. The number of nitrogens with zero attached hydrogens (tertiary/aromatic N) is 1. The van der Waals surface area contributed by atoms with Gasteiger partial charge in [0.2, 0.25) is 0 Å². The first-order valence-corrected chi connectivity index (χ1v) is 7.14. The Morgan fingerprint density at radius 1 is 1.40 bits per heavy atom. The molecule has 1 aromatic rings. The van der Waals surface area contributed by atoms with Crippen LogP contribution < -0.4 is 15.8 Å². The normalized spacial score (nSPS) is 28.1. The van der Waals surface area contributed by atoms with Gasteiger partial charge in [-0.15, -0.1) is 0 Å². The molecule has 0 aromatic heterocycles.